The number of anilines is 1. The van der Waals surface area contributed by atoms with E-state index in [1.807, 2.05) is 0 Å². The van der Waals surface area contributed by atoms with E-state index in [0.29, 0.717) is 21.8 Å². The molecule has 0 saturated heterocycles. The molecule has 0 aliphatic heterocycles. The van der Waals surface area contributed by atoms with Crippen molar-refractivity contribution in [2.75, 3.05) is 18.9 Å². The van der Waals surface area contributed by atoms with Crippen LogP contribution in [0, 0.1) is 12.3 Å². The van der Waals surface area contributed by atoms with Crippen LogP contribution < -0.4 is 19.0 Å². The molecule has 0 bridgehead atoms. The van der Waals surface area contributed by atoms with Gasteiger partial charge in [-0.05, 0) is 42.5 Å². The standard InChI is InChI=1S/C25H21N3O5S2/c1-4-15-28-22-20(32-2)13-14-21(33-3)23(22)34-25(28)26-24(29)17-9-8-10-18(16-17)27-35(30,31)19-11-6-5-7-12-19/h1,5-14,16,27H,15H2,2-3H3. The number of hydrogen-bond acceptors (Lipinski definition) is 6. The third-order valence-corrected chi connectivity index (χ3v) is 7.54. The number of amides is 1. The second-order valence-corrected chi connectivity index (χ2v) is 9.90. The number of nitrogens with one attached hydrogen (secondary N) is 1. The van der Waals surface area contributed by atoms with Gasteiger partial charge in [0.15, 0.2) is 4.80 Å². The van der Waals surface area contributed by atoms with Crippen LogP contribution in [-0.4, -0.2) is 33.1 Å². The zero-order valence-electron chi connectivity index (χ0n) is 18.9. The van der Waals surface area contributed by atoms with Crippen molar-refractivity contribution in [2.45, 2.75) is 11.4 Å². The first-order valence-electron chi connectivity index (χ1n) is 10.3. The van der Waals surface area contributed by atoms with Gasteiger partial charge in [0.2, 0.25) is 0 Å². The molecule has 8 nitrogen and oxygen atoms in total. The molecule has 0 fully saturated rings. The maximum absolute atomic E-state index is 13.1. The molecule has 1 N–H and O–H groups in total. The molecule has 1 heterocycles. The van der Waals surface area contributed by atoms with Crippen LogP contribution in [0.2, 0.25) is 0 Å². The number of carbonyl (C=O) groups excluding carboxylic acids is 1. The molecule has 35 heavy (non-hydrogen) atoms. The Morgan fingerprint density at radius 1 is 1.06 bits per heavy atom. The maximum Gasteiger partial charge on any atom is 0.279 e. The largest absolute Gasteiger partial charge is 0.495 e. The Morgan fingerprint density at radius 3 is 2.46 bits per heavy atom. The third kappa shape index (κ3) is 4.91. The molecule has 4 rings (SSSR count). The fourth-order valence-corrected chi connectivity index (χ4v) is 5.67. The van der Waals surface area contributed by atoms with Gasteiger partial charge in [0, 0.05) is 11.3 Å². The smallest absolute Gasteiger partial charge is 0.279 e. The highest BCUT2D eigenvalue weighted by Crippen LogP contribution is 2.35. The van der Waals surface area contributed by atoms with Gasteiger partial charge in [-0.15, -0.1) is 6.42 Å². The van der Waals surface area contributed by atoms with Gasteiger partial charge >= 0.3 is 0 Å². The molecule has 178 valence electrons. The van der Waals surface area contributed by atoms with Crippen molar-refractivity contribution in [3.8, 4) is 23.8 Å². The molecule has 0 saturated carbocycles. The van der Waals surface area contributed by atoms with E-state index in [2.05, 4.69) is 15.6 Å². The average Bonchev–Trinajstić information content (AvgIpc) is 3.22. The molecule has 0 aliphatic carbocycles. The van der Waals surface area contributed by atoms with Crippen molar-refractivity contribution in [1.29, 1.82) is 0 Å². The van der Waals surface area contributed by atoms with Gasteiger partial charge in [-0.1, -0.05) is 41.5 Å². The Bertz CT molecular complexity index is 1610. The normalized spacial score (nSPS) is 11.7. The van der Waals surface area contributed by atoms with Crippen molar-refractivity contribution >= 4 is 43.2 Å². The molecule has 3 aromatic carbocycles. The van der Waals surface area contributed by atoms with Crippen LogP contribution in [0.25, 0.3) is 10.2 Å². The van der Waals surface area contributed by atoms with Gasteiger partial charge in [0.25, 0.3) is 15.9 Å². The van der Waals surface area contributed by atoms with Crippen molar-refractivity contribution in [3.05, 3.63) is 77.1 Å². The number of carbonyl (C=O) groups is 1. The number of sulfonamides is 1. The van der Waals surface area contributed by atoms with Gasteiger partial charge in [-0.3, -0.25) is 9.52 Å². The zero-order valence-corrected chi connectivity index (χ0v) is 20.5. The van der Waals surface area contributed by atoms with Gasteiger partial charge < -0.3 is 14.0 Å². The second kappa shape index (κ2) is 10.0. The summed E-state index contributed by atoms with van der Waals surface area (Å²) >= 11 is 1.24. The Labute approximate surface area is 206 Å². The molecule has 0 atom stereocenters. The Balaban J connectivity index is 1.75. The Morgan fingerprint density at radius 2 is 1.77 bits per heavy atom. The van der Waals surface area contributed by atoms with Crippen molar-refractivity contribution < 1.29 is 22.7 Å². The molecule has 10 heteroatoms. The highest BCUT2D eigenvalue weighted by Gasteiger charge is 2.17. The average molecular weight is 508 g/mol. The number of rotatable bonds is 7. The number of thiazole rings is 1. The van der Waals surface area contributed by atoms with Crippen molar-refractivity contribution in [1.82, 2.24) is 4.57 Å². The fourth-order valence-electron chi connectivity index (χ4n) is 3.46. The summed E-state index contributed by atoms with van der Waals surface area (Å²) < 4.78 is 41.2. The fraction of sp³-hybridized carbons (Fsp3) is 0.120. The second-order valence-electron chi connectivity index (χ2n) is 7.24. The number of nitrogens with zero attached hydrogens (tertiary/aromatic N) is 2. The van der Waals surface area contributed by atoms with E-state index in [1.54, 1.807) is 67.3 Å². The summed E-state index contributed by atoms with van der Waals surface area (Å²) in [5.74, 6) is 3.19. The topological polar surface area (TPSA) is 99.0 Å². The van der Waals surface area contributed by atoms with E-state index in [9.17, 15) is 13.2 Å². The Kier molecular flexibility index (Phi) is 6.91. The molecule has 0 unspecified atom stereocenters. The summed E-state index contributed by atoms with van der Waals surface area (Å²) in [5.41, 5.74) is 1.12. The van der Waals surface area contributed by atoms with Crippen molar-refractivity contribution in [3.63, 3.8) is 0 Å². The van der Waals surface area contributed by atoms with Crippen LogP contribution in [0.1, 0.15) is 10.4 Å². The lowest BCUT2D eigenvalue weighted by atomic mass is 10.2. The number of fused-ring (bicyclic) bond motifs is 1. The van der Waals surface area contributed by atoms with E-state index in [4.69, 9.17) is 15.9 Å². The van der Waals surface area contributed by atoms with E-state index >= 15 is 0 Å². The van der Waals surface area contributed by atoms with E-state index in [0.717, 1.165) is 4.70 Å². The summed E-state index contributed by atoms with van der Waals surface area (Å²) in [7, 11) is -0.709. The lowest BCUT2D eigenvalue weighted by molar-refractivity contribution is 0.0998. The lowest BCUT2D eigenvalue weighted by Gasteiger charge is -2.09. The van der Waals surface area contributed by atoms with Gasteiger partial charge in [-0.25, -0.2) is 8.42 Å². The van der Waals surface area contributed by atoms with Crippen LogP contribution in [0.15, 0.2) is 76.6 Å². The summed E-state index contributed by atoms with van der Waals surface area (Å²) in [6.45, 7) is 0.159. The predicted octanol–water partition coefficient (Wildman–Crippen LogP) is 3.90. The van der Waals surface area contributed by atoms with Crippen LogP contribution >= 0.6 is 11.3 Å². The number of methoxy groups -OCH3 is 2. The lowest BCUT2D eigenvalue weighted by Crippen LogP contribution is -2.17. The van der Waals surface area contributed by atoms with E-state index in [-0.39, 0.29) is 22.7 Å². The first kappa shape index (κ1) is 24.1. The summed E-state index contributed by atoms with van der Waals surface area (Å²) in [4.78, 5) is 17.8. The molecule has 0 spiro atoms. The van der Waals surface area contributed by atoms with E-state index < -0.39 is 15.9 Å². The number of benzene rings is 3. The molecular weight excluding hydrogens is 486 g/mol. The van der Waals surface area contributed by atoms with Crippen molar-refractivity contribution in [2.24, 2.45) is 4.99 Å². The maximum atomic E-state index is 13.1. The molecule has 0 radical (unpaired) electrons. The summed E-state index contributed by atoms with van der Waals surface area (Å²) in [6, 6.07) is 17.6. The Hall–Kier alpha value is -4.07. The highest BCUT2D eigenvalue weighted by atomic mass is 32.2. The van der Waals surface area contributed by atoms with Crippen LogP contribution in [0.4, 0.5) is 5.69 Å². The first-order chi connectivity index (χ1) is 16.9. The third-order valence-electron chi connectivity index (χ3n) is 5.05. The van der Waals surface area contributed by atoms with E-state index in [1.165, 1.54) is 29.5 Å². The van der Waals surface area contributed by atoms with Crippen LogP contribution in [0.5, 0.6) is 11.5 Å². The molecule has 4 aromatic rings. The predicted molar refractivity (Wildman–Crippen MR) is 135 cm³/mol. The van der Waals surface area contributed by atoms with Gasteiger partial charge in [0.05, 0.1) is 25.7 Å². The SMILES string of the molecule is C#CCn1c(=NC(=O)c2cccc(NS(=O)(=O)c3ccccc3)c2)sc2c(OC)ccc(OC)c21. The monoisotopic (exact) mass is 507 g/mol. The molecular formula is C25H21N3O5S2. The van der Waals surface area contributed by atoms with Crippen LogP contribution in [0.3, 0.4) is 0 Å². The minimum atomic E-state index is -3.81. The minimum absolute atomic E-state index is 0.116. The first-order valence-corrected chi connectivity index (χ1v) is 12.6. The molecule has 1 amide bonds. The quantitative estimate of drug-likeness (QED) is 0.383. The van der Waals surface area contributed by atoms with Gasteiger partial charge in [0.1, 0.15) is 21.7 Å². The summed E-state index contributed by atoms with van der Waals surface area (Å²) in [5, 5.41) is 0. The number of aromatic nitrogens is 1. The number of ether oxygens (including phenoxy) is 2. The highest BCUT2D eigenvalue weighted by molar-refractivity contribution is 7.92. The molecule has 0 aliphatic rings. The van der Waals surface area contributed by atoms with Gasteiger partial charge in [-0.2, -0.15) is 4.99 Å². The number of terminal acetylenes is 1. The molecule has 1 aromatic heterocycles. The number of hydrogen-bond donors (Lipinski definition) is 1. The van der Waals surface area contributed by atoms with Crippen LogP contribution in [-0.2, 0) is 16.6 Å². The summed E-state index contributed by atoms with van der Waals surface area (Å²) in [6.07, 6.45) is 5.58. The zero-order chi connectivity index (χ0) is 25.0. The minimum Gasteiger partial charge on any atom is -0.495 e.